The van der Waals surface area contributed by atoms with Gasteiger partial charge >= 0.3 is 5.69 Å². The molecule has 0 spiro atoms. The average Bonchev–Trinajstić information content (AvgIpc) is 3.12. The van der Waals surface area contributed by atoms with Crippen molar-refractivity contribution in [2.45, 2.75) is 19.6 Å². The number of hydrogen-bond acceptors (Lipinski definition) is 8. The van der Waals surface area contributed by atoms with Crippen LogP contribution in [0.25, 0.3) is 11.2 Å². The van der Waals surface area contributed by atoms with Gasteiger partial charge in [0.25, 0.3) is 5.56 Å². The summed E-state index contributed by atoms with van der Waals surface area (Å²) in [6, 6.07) is 7.55. The summed E-state index contributed by atoms with van der Waals surface area (Å²) in [5.74, 6) is 1.05. The largest absolute Gasteiger partial charge is 0.491 e. The number of aryl methyl sites for hydroxylation is 2. The summed E-state index contributed by atoms with van der Waals surface area (Å²) < 4.78 is 8.59. The van der Waals surface area contributed by atoms with Gasteiger partial charge in [0.2, 0.25) is 5.95 Å². The van der Waals surface area contributed by atoms with Gasteiger partial charge in [-0.3, -0.25) is 19.8 Å². The van der Waals surface area contributed by atoms with Gasteiger partial charge in [0.05, 0.1) is 6.54 Å². The number of aliphatic hydroxyl groups excluding tert-OH is 1. The number of hydrazine groups is 1. The molecule has 0 saturated carbocycles. The van der Waals surface area contributed by atoms with E-state index in [-0.39, 0.29) is 24.3 Å². The molecule has 1 aliphatic rings. The highest BCUT2D eigenvalue weighted by Gasteiger charge is 2.22. The zero-order chi connectivity index (χ0) is 22.8. The van der Waals surface area contributed by atoms with E-state index in [9.17, 15) is 14.7 Å². The molecule has 32 heavy (non-hydrogen) atoms. The Hall–Kier alpha value is -3.15. The van der Waals surface area contributed by atoms with E-state index >= 15 is 0 Å². The molecule has 11 nitrogen and oxygen atoms in total. The molecule has 1 saturated heterocycles. The van der Waals surface area contributed by atoms with Crippen LogP contribution >= 0.6 is 0 Å². The maximum atomic E-state index is 12.6. The van der Waals surface area contributed by atoms with E-state index < -0.39 is 17.4 Å². The van der Waals surface area contributed by atoms with Crippen molar-refractivity contribution in [2.75, 3.05) is 45.3 Å². The zero-order valence-corrected chi connectivity index (χ0v) is 18.5. The highest BCUT2D eigenvalue weighted by molar-refractivity contribution is 5.74. The van der Waals surface area contributed by atoms with Crippen LogP contribution in [-0.2, 0) is 13.6 Å². The number of rotatable bonds is 7. The van der Waals surface area contributed by atoms with Gasteiger partial charge in [-0.2, -0.15) is 4.98 Å². The lowest BCUT2D eigenvalue weighted by molar-refractivity contribution is 0.0933. The topological polar surface area (TPSA) is 121 Å². The second kappa shape index (κ2) is 9.15. The van der Waals surface area contributed by atoms with E-state index in [1.807, 2.05) is 36.2 Å². The van der Waals surface area contributed by atoms with Crippen molar-refractivity contribution in [3.05, 3.63) is 50.7 Å². The van der Waals surface area contributed by atoms with Gasteiger partial charge in [-0.25, -0.2) is 9.80 Å². The molecule has 3 aromatic rings. The quantitative estimate of drug-likeness (QED) is 0.457. The Kier molecular flexibility index (Phi) is 6.31. The van der Waals surface area contributed by atoms with Crippen LogP contribution < -0.4 is 21.4 Å². The van der Waals surface area contributed by atoms with Gasteiger partial charge in [0.1, 0.15) is 18.5 Å². The summed E-state index contributed by atoms with van der Waals surface area (Å²) in [6.07, 6.45) is -0.904. The number of aromatic nitrogens is 4. The second-order valence-corrected chi connectivity index (χ2v) is 8.22. The monoisotopic (exact) mass is 443 g/mol. The fourth-order valence-corrected chi connectivity index (χ4v) is 3.65. The van der Waals surface area contributed by atoms with Crippen molar-refractivity contribution in [3.8, 4) is 5.75 Å². The lowest BCUT2D eigenvalue weighted by atomic mass is 10.2. The summed E-state index contributed by atoms with van der Waals surface area (Å²) in [6.45, 7) is 5.42. The van der Waals surface area contributed by atoms with Crippen LogP contribution in [0.4, 0.5) is 5.95 Å². The van der Waals surface area contributed by atoms with E-state index in [0.29, 0.717) is 11.7 Å². The Morgan fingerprint density at radius 3 is 2.53 bits per heavy atom. The maximum Gasteiger partial charge on any atom is 0.329 e. The smallest absolute Gasteiger partial charge is 0.329 e. The van der Waals surface area contributed by atoms with Gasteiger partial charge in [0, 0.05) is 33.2 Å². The number of imidazole rings is 1. The molecule has 4 rings (SSSR count). The van der Waals surface area contributed by atoms with E-state index in [1.165, 1.54) is 4.57 Å². The molecule has 1 unspecified atom stereocenters. The normalized spacial score (nSPS) is 16.4. The van der Waals surface area contributed by atoms with E-state index in [2.05, 4.69) is 27.3 Å². The zero-order valence-electron chi connectivity index (χ0n) is 18.5. The number of aromatic amines is 1. The first-order valence-electron chi connectivity index (χ1n) is 10.6. The fraction of sp³-hybridized carbons (Fsp3) is 0.476. The summed E-state index contributed by atoms with van der Waals surface area (Å²) in [4.78, 5) is 33.7. The molecule has 3 heterocycles. The third-order valence-electron chi connectivity index (χ3n) is 5.63. The first-order chi connectivity index (χ1) is 15.3. The van der Waals surface area contributed by atoms with Crippen molar-refractivity contribution in [1.82, 2.24) is 29.0 Å². The molecular formula is C21H29N7O4. The number of ether oxygens (including phenoxy) is 1. The van der Waals surface area contributed by atoms with Gasteiger partial charge in [-0.1, -0.05) is 17.7 Å². The Labute approximate surface area is 184 Å². The number of H-pyrrole nitrogens is 1. The standard InChI is InChI=1S/C21H29N7O4/c1-14-4-6-16(7-5-14)32-13-15(29)12-28-17-18(26(3)21(31)23-19(17)30)22-20(28)24-27-10-8-25(2)9-11-27/h4-7,15,29H,8-13H2,1-3H3,(H,22,24)(H,23,30,31). The molecule has 2 aromatic heterocycles. The summed E-state index contributed by atoms with van der Waals surface area (Å²) in [7, 11) is 3.61. The molecular weight excluding hydrogens is 414 g/mol. The van der Waals surface area contributed by atoms with Crippen LogP contribution in [0.3, 0.4) is 0 Å². The van der Waals surface area contributed by atoms with E-state index in [0.717, 1.165) is 31.7 Å². The molecule has 3 N–H and O–H groups in total. The second-order valence-electron chi connectivity index (χ2n) is 8.22. The van der Waals surface area contributed by atoms with Crippen LogP contribution in [0.5, 0.6) is 5.75 Å². The van der Waals surface area contributed by atoms with Gasteiger partial charge in [-0.15, -0.1) is 0 Å². The number of fused-ring (bicyclic) bond motifs is 1. The maximum absolute atomic E-state index is 12.6. The summed E-state index contributed by atoms with van der Waals surface area (Å²) in [5.41, 5.74) is 3.76. The minimum atomic E-state index is -0.904. The van der Waals surface area contributed by atoms with E-state index in [1.54, 1.807) is 11.6 Å². The van der Waals surface area contributed by atoms with Crippen LogP contribution in [0.1, 0.15) is 5.56 Å². The molecule has 0 bridgehead atoms. The molecule has 1 atom stereocenters. The fourth-order valence-electron chi connectivity index (χ4n) is 3.65. The number of hydrogen-bond donors (Lipinski definition) is 3. The minimum Gasteiger partial charge on any atom is -0.491 e. The highest BCUT2D eigenvalue weighted by Crippen LogP contribution is 2.18. The van der Waals surface area contributed by atoms with Gasteiger partial charge < -0.3 is 19.3 Å². The number of aliphatic hydroxyl groups is 1. The van der Waals surface area contributed by atoms with Crippen molar-refractivity contribution in [1.29, 1.82) is 0 Å². The van der Waals surface area contributed by atoms with Crippen LogP contribution in [0.15, 0.2) is 33.9 Å². The number of likely N-dealkylation sites (N-methyl/N-ethyl adjacent to an activating group) is 1. The van der Waals surface area contributed by atoms with E-state index in [4.69, 9.17) is 4.74 Å². The number of benzene rings is 1. The Morgan fingerprint density at radius 2 is 1.84 bits per heavy atom. The number of nitrogens with one attached hydrogen (secondary N) is 2. The minimum absolute atomic E-state index is 0.0420. The Bertz CT molecular complexity index is 1190. The SMILES string of the molecule is Cc1ccc(OCC(O)Cn2c(NN3CCN(C)CC3)nc3c2c(=O)[nH]c(=O)n3C)cc1. The van der Waals surface area contributed by atoms with Crippen molar-refractivity contribution in [3.63, 3.8) is 0 Å². The molecule has 172 valence electrons. The number of piperazine rings is 1. The van der Waals surface area contributed by atoms with Crippen LogP contribution in [0, 0.1) is 6.92 Å². The van der Waals surface area contributed by atoms with Crippen molar-refractivity contribution >= 4 is 17.1 Å². The molecule has 1 aliphatic heterocycles. The first kappa shape index (κ1) is 22.1. The number of anilines is 1. The molecule has 1 aromatic carbocycles. The predicted octanol–water partition coefficient (Wildman–Crippen LogP) is -0.254. The molecule has 11 heteroatoms. The summed E-state index contributed by atoms with van der Waals surface area (Å²) >= 11 is 0. The van der Waals surface area contributed by atoms with Crippen LogP contribution in [-0.4, -0.2) is 80.1 Å². The first-order valence-corrected chi connectivity index (χ1v) is 10.6. The lowest BCUT2D eigenvalue weighted by Gasteiger charge is -2.32. The van der Waals surface area contributed by atoms with Crippen molar-refractivity contribution in [2.24, 2.45) is 7.05 Å². The highest BCUT2D eigenvalue weighted by atomic mass is 16.5. The van der Waals surface area contributed by atoms with Crippen LogP contribution in [0.2, 0.25) is 0 Å². The molecule has 0 aliphatic carbocycles. The average molecular weight is 444 g/mol. The molecule has 1 fully saturated rings. The van der Waals surface area contributed by atoms with Gasteiger partial charge in [-0.05, 0) is 26.1 Å². The number of nitrogens with zero attached hydrogens (tertiary/aromatic N) is 5. The lowest BCUT2D eigenvalue weighted by Crippen LogP contribution is -2.47. The summed E-state index contributed by atoms with van der Waals surface area (Å²) in [5, 5.41) is 12.7. The van der Waals surface area contributed by atoms with Gasteiger partial charge in [0.15, 0.2) is 11.2 Å². The predicted molar refractivity (Wildman–Crippen MR) is 121 cm³/mol. The third kappa shape index (κ3) is 4.69. The Balaban J connectivity index is 1.60. The Morgan fingerprint density at radius 1 is 1.16 bits per heavy atom. The third-order valence-corrected chi connectivity index (χ3v) is 5.63. The molecule has 0 amide bonds. The molecule has 0 radical (unpaired) electrons. The van der Waals surface area contributed by atoms with Crippen molar-refractivity contribution < 1.29 is 9.84 Å².